The van der Waals surface area contributed by atoms with Gasteiger partial charge >= 0.3 is 0 Å². The van der Waals surface area contributed by atoms with Crippen molar-refractivity contribution in [2.24, 2.45) is 0 Å². The quantitative estimate of drug-likeness (QED) is 0.843. The first-order valence-corrected chi connectivity index (χ1v) is 7.83. The summed E-state index contributed by atoms with van der Waals surface area (Å²) < 4.78 is 13.8. The van der Waals surface area contributed by atoms with E-state index >= 15 is 0 Å². The molecular weight excluding hydrogens is 321 g/mol. The standard InChI is InChI=1S/C16H15BrFNO/c17-10-16(8-3-9-16)19-15(20)13-6-7-14(18)12-5-2-1-4-11(12)13/h1-2,4-7H,3,8-10H2,(H,19,20). The maximum Gasteiger partial charge on any atom is 0.252 e. The third kappa shape index (κ3) is 2.22. The summed E-state index contributed by atoms with van der Waals surface area (Å²) in [5.74, 6) is -0.420. The number of amides is 1. The lowest BCUT2D eigenvalue weighted by Crippen LogP contribution is -2.54. The van der Waals surface area contributed by atoms with E-state index in [1.807, 2.05) is 6.07 Å². The molecule has 1 fully saturated rings. The van der Waals surface area contributed by atoms with Crippen LogP contribution in [-0.4, -0.2) is 16.8 Å². The monoisotopic (exact) mass is 335 g/mol. The molecule has 4 heteroatoms. The van der Waals surface area contributed by atoms with Crippen LogP contribution in [0.15, 0.2) is 36.4 Å². The molecule has 1 amide bonds. The van der Waals surface area contributed by atoms with Gasteiger partial charge in [0.1, 0.15) is 5.82 Å². The Hall–Kier alpha value is -1.42. The van der Waals surface area contributed by atoms with Gasteiger partial charge in [-0.1, -0.05) is 40.2 Å². The van der Waals surface area contributed by atoms with Gasteiger partial charge in [0.15, 0.2) is 0 Å². The third-order valence-electron chi connectivity index (χ3n) is 4.06. The summed E-state index contributed by atoms with van der Waals surface area (Å²) in [6, 6.07) is 10.0. The number of alkyl halides is 1. The number of fused-ring (bicyclic) bond motifs is 1. The first kappa shape index (κ1) is 13.6. The summed E-state index contributed by atoms with van der Waals surface area (Å²) in [6.07, 6.45) is 3.11. The van der Waals surface area contributed by atoms with Gasteiger partial charge < -0.3 is 5.32 Å². The van der Waals surface area contributed by atoms with Gasteiger partial charge in [-0.2, -0.15) is 0 Å². The molecule has 3 rings (SSSR count). The fourth-order valence-corrected chi connectivity index (χ4v) is 3.36. The number of benzene rings is 2. The Morgan fingerprint density at radius 3 is 2.50 bits per heavy atom. The molecule has 2 nitrogen and oxygen atoms in total. The van der Waals surface area contributed by atoms with E-state index < -0.39 is 0 Å². The Labute approximate surface area is 125 Å². The largest absolute Gasteiger partial charge is 0.346 e. The van der Waals surface area contributed by atoms with Crippen LogP contribution in [0.5, 0.6) is 0 Å². The lowest BCUT2D eigenvalue weighted by Gasteiger charge is -2.41. The SMILES string of the molecule is O=C(NC1(CBr)CCC1)c1ccc(F)c2ccccc12. The predicted molar refractivity (Wildman–Crippen MR) is 81.7 cm³/mol. The molecule has 0 radical (unpaired) electrons. The van der Waals surface area contributed by atoms with Gasteiger partial charge in [0.2, 0.25) is 0 Å². The number of carbonyl (C=O) groups excluding carboxylic acids is 1. The van der Waals surface area contributed by atoms with E-state index in [0.717, 1.165) is 24.6 Å². The highest BCUT2D eigenvalue weighted by Gasteiger charge is 2.37. The molecule has 0 saturated heterocycles. The maximum atomic E-state index is 13.8. The van der Waals surface area contributed by atoms with Crippen LogP contribution in [0, 0.1) is 5.82 Å². The van der Waals surface area contributed by atoms with Crippen molar-refractivity contribution < 1.29 is 9.18 Å². The Morgan fingerprint density at radius 1 is 1.20 bits per heavy atom. The molecule has 2 aromatic carbocycles. The lowest BCUT2D eigenvalue weighted by molar-refractivity contribution is 0.0858. The van der Waals surface area contributed by atoms with Crippen LogP contribution < -0.4 is 5.32 Å². The van der Waals surface area contributed by atoms with Crippen molar-refractivity contribution in [2.75, 3.05) is 5.33 Å². The highest BCUT2D eigenvalue weighted by atomic mass is 79.9. The second-order valence-electron chi connectivity index (χ2n) is 5.36. The highest BCUT2D eigenvalue weighted by molar-refractivity contribution is 9.09. The zero-order valence-electron chi connectivity index (χ0n) is 11.0. The minimum atomic E-state index is -0.295. The van der Waals surface area contributed by atoms with Crippen molar-refractivity contribution in [3.63, 3.8) is 0 Å². The summed E-state index contributed by atoms with van der Waals surface area (Å²) in [4.78, 5) is 12.5. The van der Waals surface area contributed by atoms with Crippen molar-refractivity contribution in [3.05, 3.63) is 47.8 Å². The molecule has 2 aromatic rings. The van der Waals surface area contributed by atoms with Gasteiger partial charge in [-0.15, -0.1) is 0 Å². The number of hydrogen-bond donors (Lipinski definition) is 1. The van der Waals surface area contributed by atoms with Gasteiger partial charge in [0.05, 0.1) is 5.54 Å². The van der Waals surface area contributed by atoms with Gasteiger partial charge in [-0.25, -0.2) is 4.39 Å². The molecule has 1 aliphatic carbocycles. The molecule has 0 bridgehead atoms. The Balaban J connectivity index is 1.98. The summed E-state index contributed by atoms with van der Waals surface area (Å²) in [6.45, 7) is 0. The normalized spacial score (nSPS) is 16.7. The van der Waals surface area contributed by atoms with Crippen molar-refractivity contribution in [3.8, 4) is 0 Å². The summed E-state index contributed by atoms with van der Waals surface area (Å²) in [5, 5.41) is 5.00. The molecule has 0 aliphatic heterocycles. The van der Waals surface area contributed by atoms with Crippen LogP contribution >= 0.6 is 15.9 Å². The van der Waals surface area contributed by atoms with E-state index in [1.165, 1.54) is 6.07 Å². The van der Waals surface area contributed by atoms with Crippen molar-refractivity contribution >= 4 is 32.6 Å². The van der Waals surface area contributed by atoms with E-state index in [-0.39, 0.29) is 17.3 Å². The molecule has 1 aliphatic rings. The molecular formula is C16H15BrFNO. The molecule has 0 heterocycles. The number of nitrogens with one attached hydrogen (secondary N) is 1. The topological polar surface area (TPSA) is 29.1 Å². The smallest absolute Gasteiger partial charge is 0.252 e. The maximum absolute atomic E-state index is 13.8. The molecule has 20 heavy (non-hydrogen) atoms. The average Bonchev–Trinajstić information content (AvgIpc) is 2.43. The fourth-order valence-electron chi connectivity index (χ4n) is 2.66. The third-order valence-corrected chi connectivity index (χ3v) is 5.13. The van der Waals surface area contributed by atoms with E-state index in [1.54, 1.807) is 24.3 Å². The molecule has 0 aromatic heterocycles. The number of rotatable bonds is 3. The Morgan fingerprint density at radius 2 is 1.90 bits per heavy atom. The molecule has 1 saturated carbocycles. The predicted octanol–water partition coefficient (Wildman–Crippen LogP) is 4.03. The van der Waals surface area contributed by atoms with E-state index in [0.29, 0.717) is 16.3 Å². The van der Waals surface area contributed by atoms with Crippen LogP contribution in [0.1, 0.15) is 29.6 Å². The minimum absolute atomic E-state index is 0.125. The first-order valence-electron chi connectivity index (χ1n) is 6.71. The van der Waals surface area contributed by atoms with Gasteiger partial charge in [-0.05, 0) is 36.8 Å². The van der Waals surface area contributed by atoms with Crippen LogP contribution in [0.4, 0.5) is 4.39 Å². The zero-order valence-corrected chi connectivity index (χ0v) is 12.5. The second-order valence-corrected chi connectivity index (χ2v) is 5.92. The van der Waals surface area contributed by atoms with Crippen molar-refractivity contribution in [1.82, 2.24) is 5.32 Å². The summed E-state index contributed by atoms with van der Waals surface area (Å²) in [7, 11) is 0. The number of halogens is 2. The highest BCUT2D eigenvalue weighted by Crippen LogP contribution is 2.34. The van der Waals surface area contributed by atoms with Crippen LogP contribution in [0.3, 0.4) is 0 Å². The molecule has 1 N–H and O–H groups in total. The van der Waals surface area contributed by atoms with Gasteiger partial charge in [0, 0.05) is 16.3 Å². The zero-order chi connectivity index (χ0) is 14.2. The Bertz CT molecular complexity index is 661. The molecule has 0 atom stereocenters. The average molecular weight is 336 g/mol. The van der Waals surface area contributed by atoms with Crippen LogP contribution in [-0.2, 0) is 0 Å². The van der Waals surface area contributed by atoms with E-state index in [9.17, 15) is 9.18 Å². The van der Waals surface area contributed by atoms with Crippen molar-refractivity contribution in [2.45, 2.75) is 24.8 Å². The summed E-state index contributed by atoms with van der Waals surface area (Å²) in [5.41, 5.74) is 0.404. The van der Waals surface area contributed by atoms with E-state index in [2.05, 4.69) is 21.2 Å². The van der Waals surface area contributed by atoms with Crippen LogP contribution in [0.2, 0.25) is 0 Å². The number of carbonyl (C=O) groups is 1. The fraction of sp³-hybridized carbons (Fsp3) is 0.312. The van der Waals surface area contributed by atoms with E-state index in [4.69, 9.17) is 0 Å². The van der Waals surface area contributed by atoms with Crippen LogP contribution in [0.25, 0.3) is 10.8 Å². The lowest BCUT2D eigenvalue weighted by atomic mass is 9.78. The number of hydrogen-bond acceptors (Lipinski definition) is 1. The second kappa shape index (κ2) is 5.17. The molecule has 0 unspecified atom stereocenters. The molecule has 0 spiro atoms. The van der Waals surface area contributed by atoms with Crippen molar-refractivity contribution in [1.29, 1.82) is 0 Å². The summed E-state index contributed by atoms with van der Waals surface area (Å²) >= 11 is 3.47. The molecule has 104 valence electrons. The Kier molecular flexibility index (Phi) is 3.50. The van der Waals surface area contributed by atoms with Gasteiger partial charge in [-0.3, -0.25) is 4.79 Å². The first-order chi connectivity index (χ1) is 9.65. The van der Waals surface area contributed by atoms with Gasteiger partial charge in [0.25, 0.3) is 5.91 Å². The minimum Gasteiger partial charge on any atom is -0.346 e.